The molecule has 0 unspecified atom stereocenters. The fourth-order valence-corrected chi connectivity index (χ4v) is 1.55. The molecule has 6 heteroatoms. The van der Waals surface area contributed by atoms with Crippen LogP contribution in [0.4, 0.5) is 5.69 Å². The highest BCUT2D eigenvalue weighted by Gasteiger charge is 2.21. The Morgan fingerprint density at radius 1 is 1.22 bits per heavy atom. The van der Waals surface area contributed by atoms with Crippen LogP contribution in [0.3, 0.4) is 0 Å². The number of nitro groups is 1. The van der Waals surface area contributed by atoms with Crippen LogP contribution in [0.5, 0.6) is 0 Å². The lowest BCUT2D eigenvalue weighted by molar-refractivity contribution is -0.384. The van der Waals surface area contributed by atoms with Crippen molar-refractivity contribution in [3.63, 3.8) is 0 Å². The monoisotopic (exact) mass is 239 g/mol. The first kappa shape index (κ1) is 11.4. The van der Waals surface area contributed by atoms with Crippen LogP contribution in [0, 0.1) is 32.8 Å². The van der Waals surface area contributed by atoms with E-state index in [-0.39, 0.29) is 28.1 Å². The summed E-state index contributed by atoms with van der Waals surface area (Å²) in [5.74, 6) is 0.280. The third-order valence-electron chi connectivity index (χ3n) is 2.36. The summed E-state index contributed by atoms with van der Waals surface area (Å²) in [6.07, 6.45) is 1.38. The summed E-state index contributed by atoms with van der Waals surface area (Å²) in [6.45, 7) is 0. The summed E-state index contributed by atoms with van der Waals surface area (Å²) in [5, 5.41) is 28.7. The van der Waals surface area contributed by atoms with Gasteiger partial charge in [0.1, 0.15) is 17.9 Å². The van der Waals surface area contributed by atoms with Gasteiger partial charge in [0.25, 0.3) is 5.69 Å². The highest BCUT2D eigenvalue weighted by Crippen LogP contribution is 2.32. The molecule has 1 aromatic carbocycles. The summed E-state index contributed by atoms with van der Waals surface area (Å²) in [6, 6.07) is 9.09. The topological polar surface area (TPSA) is 104 Å². The molecule has 0 amide bonds. The average molecular weight is 239 g/mol. The Bertz CT molecular complexity index is 691. The summed E-state index contributed by atoms with van der Waals surface area (Å²) >= 11 is 0. The molecule has 0 saturated heterocycles. The van der Waals surface area contributed by atoms with Gasteiger partial charge in [0.15, 0.2) is 0 Å². The number of furan rings is 1. The quantitative estimate of drug-likeness (QED) is 0.591. The number of nitro benzene ring substituents is 1. The molecule has 0 aliphatic carbocycles. The van der Waals surface area contributed by atoms with Gasteiger partial charge in [0.05, 0.1) is 27.9 Å². The standard InChI is InChI=1S/C12H5N3O3/c13-6-8-4-10(12-2-1-3-18-12)11(15(16)17)5-9(8)7-14/h1-5H. The van der Waals surface area contributed by atoms with Crippen molar-refractivity contribution in [3.05, 3.63) is 51.8 Å². The molecular formula is C12H5N3O3. The maximum Gasteiger partial charge on any atom is 0.281 e. The first-order valence-corrected chi connectivity index (χ1v) is 4.84. The van der Waals surface area contributed by atoms with Crippen LogP contribution in [0.15, 0.2) is 34.9 Å². The van der Waals surface area contributed by atoms with Crippen LogP contribution in [-0.4, -0.2) is 4.92 Å². The van der Waals surface area contributed by atoms with E-state index in [0.29, 0.717) is 0 Å². The minimum Gasteiger partial charge on any atom is -0.464 e. The average Bonchev–Trinajstić information content (AvgIpc) is 2.90. The molecule has 86 valence electrons. The largest absolute Gasteiger partial charge is 0.464 e. The molecule has 18 heavy (non-hydrogen) atoms. The van der Waals surface area contributed by atoms with Crippen molar-refractivity contribution in [2.75, 3.05) is 0 Å². The second-order valence-electron chi connectivity index (χ2n) is 3.37. The highest BCUT2D eigenvalue weighted by molar-refractivity contribution is 5.73. The smallest absolute Gasteiger partial charge is 0.281 e. The van der Waals surface area contributed by atoms with Crippen molar-refractivity contribution in [2.24, 2.45) is 0 Å². The Kier molecular flexibility index (Phi) is 2.78. The lowest BCUT2D eigenvalue weighted by Gasteiger charge is -2.02. The van der Waals surface area contributed by atoms with Crippen LogP contribution in [0.1, 0.15) is 11.1 Å². The number of nitriles is 2. The van der Waals surface area contributed by atoms with E-state index in [4.69, 9.17) is 14.9 Å². The van der Waals surface area contributed by atoms with Gasteiger partial charge in [-0.05, 0) is 18.2 Å². The Hall–Kier alpha value is -3.12. The second-order valence-corrected chi connectivity index (χ2v) is 3.37. The molecule has 0 saturated carbocycles. The maximum absolute atomic E-state index is 11.0. The van der Waals surface area contributed by atoms with Crippen molar-refractivity contribution in [1.82, 2.24) is 0 Å². The van der Waals surface area contributed by atoms with E-state index in [1.54, 1.807) is 18.2 Å². The molecule has 0 aliphatic heterocycles. The molecule has 0 spiro atoms. The minimum atomic E-state index is -0.611. The SMILES string of the molecule is N#Cc1cc(-c2ccco2)c([N+](=O)[O-])cc1C#N. The summed E-state index contributed by atoms with van der Waals surface area (Å²) in [7, 11) is 0. The molecule has 1 aromatic heterocycles. The van der Waals surface area contributed by atoms with E-state index < -0.39 is 4.92 Å². The summed E-state index contributed by atoms with van der Waals surface area (Å²) in [4.78, 5) is 10.3. The zero-order valence-corrected chi connectivity index (χ0v) is 8.95. The number of hydrogen-bond acceptors (Lipinski definition) is 5. The number of rotatable bonds is 2. The van der Waals surface area contributed by atoms with Crippen LogP contribution in [0.25, 0.3) is 11.3 Å². The fourth-order valence-electron chi connectivity index (χ4n) is 1.55. The minimum absolute atomic E-state index is 0.0282. The van der Waals surface area contributed by atoms with E-state index in [2.05, 4.69) is 0 Å². The van der Waals surface area contributed by atoms with E-state index in [9.17, 15) is 10.1 Å². The molecule has 0 atom stereocenters. The predicted octanol–water partition coefficient (Wildman–Crippen LogP) is 2.60. The van der Waals surface area contributed by atoms with Crippen LogP contribution >= 0.6 is 0 Å². The third kappa shape index (κ3) is 1.79. The number of hydrogen-bond donors (Lipinski definition) is 0. The molecule has 0 fully saturated rings. The molecule has 2 aromatic rings. The fraction of sp³-hybridized carbons (Fsp3) is 0. The van der Waals surface area contributed by atoms with E-state index in [1.807, 2.05) is 6.07 Å². The van der Waals surface area contributed by atoms with Gasteiger partial charge in [0.2, 0.25) is 0 Å². The molecule has 0 N–H and O–H groups in total. The number of nitrogens with zero attached hydrogens (tertiary/aromatic N) is 3. The van der Waals surface area contributed by atoms with Gasteiger partial charge in [-0.15, -0.1) is 0 Å². The molecule has 0 radical (unpaired) electrons. The van der Waals surface area contributed by atoms with Crippen molar-refractivity contribution in [2.45, 2.75) is 0 Å². The van der Waals surface area contributed by atoms with Gasteiger partial charge in [-0.3, -0.25) is 10.1 Å². The first-order chi connectivity index (χ1) is 8.67. The summed E-state index contributed by atoms with van der Waals surface area (Å²) < 4.78 is 5.09. The Balaban J connectivity index is 2.77. The third-order valence-corrected chi connectivity index (χ3v) is 2.36. The van der Waals surface area contributed by atoms with Crippen LogP contribution in [0.2, 0.25) is 0 Å². The van der Waals surface area contributed by atoms with E-state index in [0.717, 1.165) is 6.07 Å². The zero-order valence-electron chi connectivity index (χ0n) is 8.95. The molecule has 0 bridgehead atoms. The van der Waals surface area contributed by atoms with Gasteiger partial charge in [-0.25, -0.2) is 0 Å². The van der Waals surface area contributed by atoms with Crippen LogP contribution in [-0.2, 0) is 0 Å². The molecule has 6 nitrogen and oxygen atoms in total. The lowest BCUT2D eigenvalue weighted by Crippen LogP contribution is -1.95. The van der Waals surface area contributed by atoms with Gasteiger partial charge in [0, 0.05) is 6.07 Å². The highest BCUT2D eigenvalue weighted by atomic mass is 16.6. The van der Waals surface area contributed by atoms with Crippen molar-refractivity contribution >= 4 is 5.69 Å². The maximum atomic E-state index is 11.0. The van der Waals surface area contributed by atoms with Crippen LogP contribution < -0.4 is 0 Å². The van der Waals surface area contributed by atoms with Gasteiger partial charge < -0.3 is 4.42 Å². The summed E-state index contributed by atoms with van der Waals surface area (Å²) in [5.41, 5.74) is -0.0324. The van der Waals surface area contributed by atoms with Gasteiger partial charge in [-0.2, -0.15) is 10.5 Å². The molecular weight excluding hydrogens is 234 g/mol. The lowest BCUT2D eigenvalue weighted by atomic mass is 10.0. The molecule has 0 aliphatic rings. The van der Waals surface area contributed by atoms with Crippen molar-refractivity contribution in [1.29, 1.82) is 10.5 Å². The predicted molar refractivity (Wildman–Crippen MR) is 60.2 cm³/mol. The molecule has 2 rings (SSSR count). The Labute approximate surface area is 101 Å². The van der Waals surface area contributed by atoms with E-state index >= 15 is 0 Å². The zero-order chi connectivity index (χ0) is 13.1. The van der Waals surface area contributed by atoms with Gasteiger partial charge >= 0.3 is 0 Å². The van der Waals surface area contributed by atoms with Gasteiger partial charge in [-0.1, -0.05) is 0 Å². The second kappa shape index (κ2) is 4.40. The van der Waals surface area contributed by atoms with Crippen molar-refractivity contribution < 1.29 is 9.34 Å². The normalized spacial score (nSPS) is 9.44. The Morgan fingerprint density at radius 3 is 2.39 bits per heavy atom. The number of benzene rings is 1. The Morgan fingerprint density at radius 2 is 1.89 bits per heavy atom. The van der Waals surface area contributed by atoms with Crippen molar-refractivity contribution in [3.8, 4) is 23.5 Å². The first-order valence-electron chi connectivity index (χ1n) is 4.84. The molecule has 1 heterocycles. The van der Waals surface area contributed by atoms with E-state index in [1.165, 1.54) is 12.3 Å².